The highest BCUT2D eigenvalue weighted by Crippen LogP contribution is 2.13. The highest BCUT2D eigenvalue weighted by molar-refractivity contribution is 5.88. The first kappa shape index (κ1) is 20.0. The summed E-state index contributed by atoms with van der Waals surface area (Å²) in [6.07, 6.45) is 5.61. The molecule has 6 heteroatoms. The summed E-state index contributed by atoms with van der Waals surface area (Å²) >= 11 is 0. The van der Waals surface area contributed by atoms with Gasteiger partial charge in [0.1, 0.15) is 0 Å². The Hall–Kier alpha value is -2.73. The lowest BCUT2D eigenvalue weighted by Crippen LogP contribution is -2.56. The second-order valence-corrected chi connectivity index (χ2v) is 7.25. The fourth-order valence-electron chi connectivity index (χ4n) is 3.56. The number of carbonyl (C=O) groups is 2. The van der Waals surface area contributed by atoms with Crippen LogP contribution in [0.1, 0.15) is 24.0 Å². The Morgan fingerprint density at radius 1 is 1.21 bits per heavy atom. The zero-order valence-electron chi connectivity index (χ0n) is 16.4. The van der Waals surface area contributed by atoms with E-state index < -0.39 is 6.04 Å². The molecule has 1 saturated heterocycles. The van der Waals surface area contributed by atoms with Gasteiger partial charge in [-0.1, -0.05) is 36.4 Å². The molecule has 1 N–H and O–H groups in total. The zero-order chi connectivity index (χ0) is 19.8. The maximum absolute atomic E-state index is 12.7. The van der Waals surface area contributed by atoms with Gasteiger partial charge in [-0.3, -0.25) is 19.5 Å². The lowest BCUT2D eigenvalue weighted by molar-refractivity contribution is -0.138. The van der Waals surface area contributed by atoms with Gasteiger partial charge in [-0.2, -0.15) is 0 Å². The van der Waals surface area contributed by atoms with Gasteiger partial charge in [0.25, 0.3) is 0 Å². The van der Waals surface area contributed by atoms with Crippen LogP contribution in [0.25, 0.3) is 0 Å². The van der Waals surface area contributed by atoms with Gasteiger partial charge in [-0.15, -0.1) is 0 Å². The van der Waals surface area contributed by atoms with Crippen molar-refractivity contribution in [2.75, 3.05) is 26.7 Å². The van der Waals surface area contributed by atoms with Gasteiger partial charge in [0.2, 0.25) is 11.8 Å². The van der Waals surface area contributed by atoms with Crippen LogP contribution in [-0.4, -0.2) is 59.3 Å². The summed E-state index contributed by atoms with van der Waals surface area (Å²) in [6.45, 7) is 2.73. The number of piperazine rings is 1. The molecular formula is C22H28N4O2. The molecule has 2 heterocycles. The summed E-state index contributed by atoms with van der Waals surface area (Å²) in [4.78, 5) is 33.0. The molecule has 2 amide bonds. The highest BCUT2D eigenvalue weighted by Gasteiger charge is 2.32. The van der Waals surface area contributed by atoms with E-state index in [2.05, 4.69) is 27.3 Å². The number of amides is 2. The summed E-state index contributed by atoms with van der Waals surface area (Å²) in [5.41, 5.74) is 2.28. The van der Waals surface area contributed by atoms with E-state index in [9.17, 15) is 9.59 Å². The molecule has 0 aliphatic carbocycles. The van der Waals surface area contributed by atoms with Crippen molar-refractivity contribution < 1.29 is 9.59 Å². The van der Waals surface area contributed by atoms with Gasteiger partial charge in [0.05, 0.1) is 12.5 Å². The van der Waals surface area contributed by atoms with Crippen molar-refractivity contribution in [3.05, 3.63) is 66.0 Å². The van der Waals surface area contributed by atoms with Crippen LogP contribution in [-0.2, 0) is 22.6 Å². The van der Waals surface area contributed by atoms with Gasteiger partial charge >= 0.3 is 0 Å². The van der Waals surface area contributed by atoms with E-state index >= 15 is 0 Å². The molecule has 1 aliphatic rings. The quantitative estimate of drug-likeness (QED) is 0.759. The van der Waals surface area contributed by atoms with Crippen molar-refractivity contribution in [3.63, 3.8) is 0 Å². The number of rotatable bonds is 8. The van der Waals surface area contributed by atoms with Crippen molar-refractivity contribution in [3.8, 4) is 0 Å². The molecule has 1 fully saturated rings. The molecule has 6 nitrogen and oxygen atoms in total. The fraction of sp³-hybridized carbons (Fsp3) is 0.409. The molecule has 3 rings (SSSR count). The Bertz CT molecular complexity index is 767. The average Bonchev–Trinajstić information content (AvgIpc) is 2.72. The number of nitrogens with zero attached hydrogens (tertiary/aromatic N) is 3. The van der Waals surface area contributed by atoms with Crippen LogP contribution in [0.4, 0.5) is 0 Å². The van der Waals surface area contributed by atoms with E-state index in [1.807, 2.05) is 30.3 Å². The van der Waals surface area contributed by atoms with Crippen molar-refractivity contribution in [2.45, 2.75) is 31.8 Å². The third-order valence-electron chi connectivity index (χ3n) is 5.13. The number of aromatic nitrogens is 1. The van der Waals surface area contributed by atoms with E-state index in [-0.39, 0.29) is 18.2 Å². The van der Waals surface area contributed by atoms with Gasteiger partial charge in [0.15, 0.2) is 0 Å². The first-order chi connectivity index (χ1) is 13.6. The summed E-state index contributed by atoms with van der Waals surface area (Å²) in [5, 5.41) is 2.90. The van der Waals surface area contributed by atoms with Gasteiger partial charge in [-0.05, 0) is 36.6 Å². The lowest BCUT2D eigenvalue weighted by Gasteiger charge is -2.35. The minimum Gasteiger partial charge on any atom is -0.353 e. The second kappa shape index (κ2) is 9.99. The summed E-state index contributed by atoms with van der Waals surface area (Å²) in [6, 6.07) is 13.8. The topological polar surface area (TPSA) is 65.5 Å². The number of pyridine rings is 1. The number of aryl methyl sites for hydroxylation is 1. The molecule has 1 aromatic heterocycles. The fourth-order valence-corrected chi connectivity index (χ4v) is 3.56. The predicted molar refractivity (Wildman–Crippen MR) is 108 cm³/mol. The van der Waals surface area contributed by atoms with Crippen LogP contribution >= 0.6 is 0 Å². The number of carbonyl (C=O) groups excluding carboxylic acids is 2. The first-order valence-corrected chi connectivity index (χ1v) is 9.82. The zero-order valence-corrected chi connectivity index (χ0v) is 16.4. The van der Waals surface area contributed by atoms with Gasteiger partial charge in [-0.25, -0.2) is 0 Å². The Kier molecular flexibility index (Phi) is 7.14. The standard InChI is InChI=1S/C22H28N4O2/c1-25(17-19-9-5-11-23-16-19)21(27)15-20-22(28)24-12-14-26(20)13-6-10-18-7-3-2-4-8-18/h2-5,7-9,11,16,20H,6,10,12-15,17H2,1H3,(H,24,28)/t20-/m1/s1. The Morgan fingerprint density at radius 3 is 2.75 bits per heavy atom. The molecule has 1 aliphatic heterocycles. The van der Waals surface area contributed by atoms with Gasteiger partial charge < -0.3 is 10.2 Å². The number of benzene rings is 1. The first-order valence-electron chi connectivity index (χ1n) is 9.82. The molecule has 0 spiro atoms. The smallest absolute Gasteiger partial charge is 0.237 e. The molecule has 0 radical (unpaired) electrons. The van der Waals surface area contributed by atoms with Crippen LogP contribution < -0.4 is 5.32 Å². The molecule has 1 atom stereocenters. The normalized spacial score (nSPS) is 17.2. The molecular weight excluding hydrogens is 352 g/mol. The van der Waals surface area contributed by atoms with E-state index in [1.165, 1.54) is 5.56 Å². The SMILES string of the molecule is CN(Cc1cccnc1)C(=O)C[C@@H]1C(=O)NCCN1CCCc1ccccc1. The van der Waals surface area contributed by atoms with Crippen LogP contribution in [0.5, 0.6) is 0 Å². The van der Waals surface area contributed by atoms with Crippen molar-refractivity contribution in [2.24, 2.45) is 0 Å². The van der Waals surface area contributed by atoms with Crippen LogP contribution in [0.15, 0.2) is 54.9 Å². The minimum atomic E-state index is -0.395. The van der Waals surface area contributed by atoms with Crippen molar-refractivity contribution in [1.29, 1.82) is 0 Å². The number of nitrogens with one attached hydrogen (secondary N) is 1. The maximum atomic E-state index is 12.7. The number of hydrogen-bond donors (Lipinski definition) is 1. The van der Waals surface area contributed by atoms with Crippen LogP contribution in [0.3, 0.4) is 0 Å². The van der Waals surface area contributed by atoms with Gasteiger partial charge in [0, 0.05) is 39.1 Å². The molecule has 0 saturated carbocycles. The maximum Gasteiger partial charge on any atom is 0.237 e. The highest BCUT2D eigenvalue weighted by atomic mass is 16.2. The van der Waals surface area contributed by atoms with Crippen LogP contribution in [0, 0.1) is 0 Å². The largest absolute Gasteiger partial charge is 0.353 e. The van der Waals surface area contributed by atoms with E-state index in [1.54, 1.807) is 24.3 Å². The Morgan fingerprint density at radius 2 is 2.00 bits per heavy atom. The third kappa shape index (κ3) is 5.63. The lowest BCUT2D eigenvalue weighted by atomic mass is 10.1. The van der Waals surface area contributed by atoms with E-state index in [0.717, 1.165) is 31.5 Å². The van der Waals surface area contributed by atoms with E-state index in [0.29, 0.717) is 13.1 Å². The molecule has 28 heavy (non-hydrogen) atoms. The third-order valence-corrected chi connectivity index (χ3v) is 5.13. The summed E-state index contributed by atoms with van der Waals surface area (Å²) in [7, 11) is 1.77. The molecule has 2 aromatic rings. The van der Waals surface area contributed by atoms with Crippen LogP contribution in [0.2, 0.25) is 0 Å². The Balaban J connectivity index is 1.54. The molecule has 148 valence electrons. The molecule has 0 unspecified atom stereocenters. The number of hydrogen-bond acceptors (Lipinski definition) is 4. The Labute approximate surface area is 166 Å². The summed E-state index contributed by atoms with van der Waals surface area (Å²) in [5.74, 6) is -0.0759. The molecule has 1 aromatic carbocycles. The monoisotopic (exact) mass is 380 g/mol. The van der Waals surface area contributed by atoms with Crippen molar-refractivity contribution in [1.82, 2.24) is 20.1 Å². The molecule has 0 bridgehead atoms. The van der Waals surface area contributed by atoms with Crippen molar-refractivity contribution >= 4 is 11.8 Å². The minimum absolute atomic E-state index is 0.0287. The predicted octanol–water partition coefficient (Wildman–Crippen LogP) is 1.86. The second-order valence-electron chi connectivity index (χ2n) is 7.25. The van der Waals surface area contributed by atoms with E-state index in [4.69, 9.17) is 0 Å². The average molecular weight is 380 g/mol. The summed E-state index contributed by atoms with van der Waals surface area (Å²) < 4.78 is 0.